The number of thiophene rings is 1. The molecule has 0 atom stereocenters. The largest absolute Gasteiger partial charge is 0.222 e. The fourth-order valence-corrected chi connectivity index (χ4v) is 4.43. The number of nitrogens with zero attached hydrogens (tertiary/aromatic N) is 2. The summed E-state index contributed by atoms with van der Waals surface area (Å²) < 4.78 is 13.9. The molecule has 102 valence electrons. The van der Waals surface area contributed by atoms with Crippen LogP contribution in [0.15, 0.2) is 28.7 Å². The van der Waals surface area contributed by atoms with Gasteiger partial charge in [-0.3, -0.25) is 0 Å². The molecule has 2 nitrogen and oxygen atoms in total. The molecule has 0 saturated carbocycles. The first-order valence-corrected chi connectivity index (χ1v) is 7.99. The van der Waals surface area contributed by atoms with Crippen molar-refractivity contribution in [2.24, 2.45) is 0 Å². The minimum Gasteiger partial charge on any atom is -0.222 e. The Hall–Kier alpha value is -1.04. The summed E-state index contributed by atoms with van der Waals surface area (Å²) in [6.45, 7) is 1.99. The van der Waals surface area contributed by atoms with E-state index in [1.54, 1.807) is 12.1 Å². The third-order valence-corrected chi connectivity index (χ3v) is 5.38. The summed E-state index contributed by atoms with van der Waals surface area (Å²) in [6, 6.07) is 6.37. The lowest BCUT2D eigenvalue weighted by molar-refractivity contribution is 0.628. The van der Waals surface area contributed by atoms with Crippen molar-refractivity contribution in [3.05, 3.63) is 45.5 Å². The highest BCUT2D eigenvalue weighted by Crippen LogP contribution is 2.43. The van der Waals surface area contributed by atoms with Gasteiger partial charge in [-0.05, 0) is 33.6 Å². The molecule has 0 aliphatic carbocycles. The molecule has 3 rings (SSSR count). The van der Waals surface area contributed by atoms with Gasteiger partial charge in [0.25, 0.3) is 0 Å². The third-order valence-electron chi connectivity index (χ3n) is 2.92. The third kappa shape index (κ3) is 2.34. The minimum atomic E-state index is -0.253. The molecular weight excluding hydrogens is 363 g/mol. The van der Waals surface area contributed by atoms with Crippen LogP contribution in [0.25, 0.3) is 20.7 Å². The Balaban J connectivity index is 2.25. The van der Waals surface area contributed by atoms with Crippen LogP contribution in [0.5, 0.6) is 0 Å². The monoisotopic (exact) mass is 370 g/mol. The first kappa shape index (κ1) is 13.9. The van der Waals surface area contributed by atoms with E-state index in [0.29, 0.717) is 5.15 Å². The van der Waals surface area contributed by atoms with Crippen LogP contribution in [0, 0.1) is 5.82 Å². The van der Waals surface area contributed by atoms with Gasteiger partial charge in [-0.25, -0.2) is 14.4 Å². The molecule has 0 radical (unpaired) electrons. The number of hydrogen-bond acceptors (Lipinski definition) is 3. The summed E-state index contributed by atoms with van der Waals surface area (Å²) in [7, 11) is 0. The molecular formula is C14H9BrClFN2S. The van der Waals surface area contributed by atoms with Crippen molar-refractivity contribution in [1.82, 2.24) is 9.97 Å². The van der Waals surface area contributed by atoms with Crippen molar-refractivity contribution in [2.75, 3.05) is 0 Å². The molecule has 2 aromatic heterocycles. The lowest BCUT2D eigenvalue weighted by Gasteiger charge is -1.99. The summed E-state index contributed by atoms with van der Waals surface area (Å²) in [5, 5.41) is 1.26. The van der Waals surface area contributed by atoms with E-state index in [1.165, 1.54) is 23.5 Å². The number of hydrogen-bond donors (Lipinski definition) is 0. The first-order chi connectivity index (χ1) is 9.60. The van der Waals surface area contributed by atoms with Crippen LogP contribution in [0.2, 0.25) is 5.15 Å². The Morgan fingerprint density at radius 2 is 1.95 bits per heavy atom. The Bertz CT molecular complexity index is 786. The van der Waals surface area contributed by atoms with E-state index in [-0.39, 0.29) is 5.82 Å². The highest BCUT2D eigenvalue weighted by Gasteiger charge is 2.17. The maximum atomic E-state index is 13.0. The van der Waals surface area contributed by atoms with Crippen LogP contribution in [-0.2, 0) is 6.42 Å². The van der Waals surface area contributed by atoms with Crippen LogP contribution >= 0.6 is 38.9 Å². The Morgan fingerprint density at radius 3 is 2.60 bits per heavy atom. The molecule has 0 spiro atoms. The maximum absolute atomic E-state index is 13.0. The predicted octanol–water partition coefficient (Wildman–Crippen LogP) is 5.48. The van der Waals surface area contributed by atoms with Crippen molar-refractivity contribution in [3.63, 3.8) is 0 Å². The molecule has 2 heterocycles. The number of fused-ring (bicyclic) bond motifs is 1. The number of aryl methyl sites for hydroxylation is 1. The predicted molar refractivity (Wildman–Crippen MR) is 84.9 cm³/mol. The highest BCUT2D eigenvalue weighted by molar-refractivity contribution is 9.10. The van der Waals surface area contributed by atoms with Crippen LogP contribution in [0.4, 0.5) is 4.39 Å². The lowest BCUT2D eigenvalue weighted by Crippen LogP contribution is -1.92. The smallest absolute Gasteiger partial charge is 0.142 e. The van der Waals surface area contributed by atoms with Crippen LogP contribution in [0.3, 0.4) is 0 Å². The zero-order valence-corrected chi connectivity index (χ0v) is 13.6. The van der Waals surface area contributed by atoms with Crippen LogP contribution in [-0.4, -0.2) is 9.97 Å². The fraction of sp³-hybridized carbons (Fsp3) is 0.143. The number of benzene rings is 1. The average Bonchev–Trinajstić information content (AvgIpc) is 2.77. The minimum absolute atomic E-state index is 0.253. The summed E-state index contributed by atoms with van der Waals surface area (Å²) in [4.78, 5) is 10.6. The van der Waals surface area contributed by atoms with Crippen molar-refractivity contribution >= 4 is 49.1 Å². The molecule has 0 saturated heterocycles. The highest BCUT2D eigenvalue weighted by atomic mass is 79.9. The van der Waals surface area contributed by atoms with E-state index in [9.17, 15) is 4.39 Å². The molecule has 20 heavy (non-hydrogen) atoms. The van der Waals surface area contributed by atoms with Crippen LogP contribution < -0.4 is 0 Å². The second-order valence-corrected chi connectivity index (χ2v) is 6.37. The molecule has 6 heteroatoms. The summed E-state index contributed by atoms with van der Waals surface area (Å²) in [5.74, 6) is 0.471. The van der Waals surface area contributed by atoms with Gasteiger partial charge in [-0.1, -0.05) is 30.7 Å². The number of aromatic nitrogens is 2. The topological polar surface area (TPSA) is 25.8 Å². The molecule has 3 aromatic rings. The van der Waals surface area contributed by atoms with Gasteiger partial charge in [-0.15, -0.1) is 11.3 Å². The van der Waals surface area contributed by atoms with Gasteiger partial charge in [-0.2, -0.15) is 0 Å². The maximum Gasteiger partial charge on any atom is 0.142 e. The molecule has 0 aliphatic rings. The summed E-state index contributed by atoms with van der Waals surface area (Å²) >= 11 is 11.3. The zero-order chi connectivity index (χ0) is 14.3. The molecule has 0 N–H and O–H groups in total. The van der Waals surface area contributed by atoms with Gasteiger partial charge in [0.05, 0.1) is 10.3 Å². The van der Waals surface area contributed by atoms with Crippen molar-refractivity contribution < 1.29 is 4.39 Å². The van der Waals surface area contributed by atoms with E-state index in [2.05, 4.69) is 25.9 Å². The summed E-state index contributed by atoms with van der Waals surface area (Å²) in [5.41, 5.74) is 0.926. The van der Waals surface area contributed by atoms with Crippen molar-refractivity contribution in [2.45, 2.75) is 13.3 Å². The molecule has 1 aromatic carbocycles. The van der Waals surface area contributed by atoms with Crippen LogP contribution in [0.1, 0.15) is 12.7 Å². The van der Waals surface area contributed by atoms with Gasteiger partial charge in [0.15, 0.2) is 0 Å². The Morgan fingerprint density at radius 1 is 1.25 bits per heavy atom. The first-order valence-electron chi connectivity index (χ1n) is 6.00. The van der Waals surface area contributed by atoms with E-state index < -0.39 is 0 Å². The second-order valence-electron chi connectivity index (χ2n) is 4.22. The SMILES string of the molecule is CCc1nc(Cl)c2c(Br)c(-c3ccc(F)cc3)sc2n1. The van der Waals surface area contributed by atoms with Crippen molar-refractivity contribution in [3.8, 4) is 10.4 Å². The fourth-order valence-electron chi connectivity index (χ4n) is 1.91. The normalized spacial score (nSPS) is 11.2. The van der Waals surface area contributed by atoms with Gasteiger partial charge in [0, 0.05) is 10.9 Å². The Kier molecular flexibility index (Phi) is 3.75. The molecule has 0 amide bonds. The molecule has 0 fully saturated rings. The second kappa shape index (κ2) is 5.39. The van der Waals surface area contributed by atoms with Gasteiger partial charge < -0.3 is 0 Å². The van der Waals surface area contributed by atoms with Gasteiger partial charge in [0.2, 0.25) is 0 Å². The molecule has 0 aliphatic heterocycles. The van der Waals surface area contributed by atoms with E-state index >= 15 is 0 Å². The molecule has 0 bridgehead atoms. The van der Waals surface area contributed by atoms with Crippen molar-refractivity contribution in [1.29, 1.82) is 0 Å². The standard InChI is InChI=1S/C14H9BrClFN2S/c1-2-9-18-13(16)10-11(15)12(20-14(10)19-9)7-3-5-8(17)6-4-7/h3-6H,2H2,1H3. The van der Waals surface area contributed by atoms with E-state index in [4.69, 9.17) is 11.6 Å². The van der Waals surface area contributed by atoms with E-state index in [0.717, 1.165) is 37.4 Å². The zero-order valence-electron chi connectivity index (χ0n) is 10.5. The lowest BCUT2D eigenvalue weighted by atomic mass is 10.2. The average molecular weight is 372 g/mol. The summed E-state index contributed by atoms with van der Waals surface area (Å²) in [6.07, 6.45) is 0.733. The van der Waals surface area contributed by atoms with E-state index in [1.807, 2.05) is 6.92 Å². The van der Waals surface area contributed by atoms with Gasteiger partial charge in [0.1, 0.15) is 21.6 Å². The number of halogens is 3. The van der Waals surface area contributed by atoms with Gasteiger partial charge >= 0.3 is 0 Å². The molecule has 0 unspecified atom stereocenters. The Labute approximate surface area is 132 Å². The number of rotatable bonds is 2. The quantitative estimate of drug-likeness (QED) is 0.558.